The summed E-state index contributed by atoms with van der Waals surface area (Å²) in [6.07, 6.45) is 2.05. The van der Waals surface area contributed by atoms with E-state index in [0.29, 0.717) is 6.54 Å². The summed E-state index contributed by atoms with van der Waals surface area (Å²) in [6, 6.07) is 8.14. The Morgan fingerprint density at radius 3 is 2.83 bits per heavy atom. The lowest BCUT2D eigenvalue weighted by molar-refractivity contribution is 0.735. The predicted octanol–water partition coefficient (Wildman–Crippen LogP) is 1.37. The third-order valence-corrected chi connectivity index (χ3v) is 2.50. The highest BCUT2D eigenvalue weighted by Crippen LogP contribution is 2.18. The molecule has 4 N–H and O–H groups in total. The van der Waals surface area contributed by atoms with Crippen LogP contribution in [0.25, 0.3) is 0 Å². The van der Waals surface area contributed by atoms with E-state index in [1.807, 2.05) is 18.4 Å². The number of rotatable bonds is 3. The van der Waals surface area contributed by atoms with Gasteiger partial charge >= 0.3 is 0 Å². The van der Waals surface area contributed by atoms with Gasteiger partial charge in [-0.1, -0.05) is 12.1 Å². The molecule has 1 aromatic carbocycles. The second kappa shape index (κ2) is 4.50. The first-order valence-corrected chi connectivity index (χ1v) is 5.10. The maximum atomic E-state index is 5.78. The van der Waals surface area contributed by atoms with Gasteiger partial charge in [-0.25, -0.2) is 0 Å². The fraction of sp³-hybridized carbons (Fsp3) is 0.333. The second-order valence-corrected chi connectivity index (χ2v) is 3.50. The van der Waals surface area contributed by atoms with Crippen molar-refractivity contribution in [1.82, 2.24) is 0 Å². The normalized spacial score (nSPS) is 12.9. The molecule has 66 valence electrons. The Hall–Kier alpha value is -0.510. The maximum absolute atomic E-state index is 5.78. The van der Waals surface area contributed by atoms with E-state index in [4.69, 9.17) is 11.5 Å². The molecule has 0 aliphatic carbocycles. The Labute approximate surface area is 77.3 Å². The molecule has 0 aliphatic rings. The molecule has 0 heterocycles. The van der Waals surface area contributed by atoms with Crippen LogP contribution >= 0.6 is 11.8 Å². The predicted molar refractivity (Wildman–Crippen MR) is 54.2 cm³/mol. The molecule has 0 saturated carbocycles. The summed E-state index contributed by atoms with van der Waals surface area (Å²) in [5.74, 6) is 0. The summed E-state index contributed by atoms with van der Waals surface area (Å²) in [5.41, 5.74) is 12.4. The highest BCUT2D eigenvalue weighted by Gasteiger charge is 2.02. The van der Waals surface area contributed by atoms with Crippen LogP contribution in [0.3, 0.4) is 0 Å². The zero-order chi connectivity index (χ0) is 8.97. The minimum Gasteiger partial charge on any atom is -0.329 e. The van der Waals surface area contributed by atoms with Crippen LogP contribution in [0, 0.1) is 0 Å². The maximum Gasteiger partial charge on any atom is 0.0419 e. The Morgan fingerprint density at radius 2 is 2.25 bits per heavy atom. The van der Waals surface area contributed by atoms with Crippen LogP contribution in [0.1, 0.15) is 11.6 Å². The Morgan fingerprint density at radius 1 is 1.50 bits per heavy atom. The van der Waals surface area contributed by atoms with Crippen molar-refractivity contribution >= 4 is 11.8 Å². The van der Waals surface area contributed by atoms with E-state index < -0.39 is 0 Å². The third-order valence-electron chi connectivity index (χ3n) is 1.78. The van der Waals surface area contributed by atoms with E-state index in [1.54, 1.807) is 11.8 Å². The molecule has 3 heteroatoms. The Balaban J connectivity index is 2.86. The van der Waals surface area contributed by atoms with Gasteiger partial charge in [0, 0.05) is 17.5 Å². The summed E-state index contributed by atoms with van der Waals surface area (Å²) in [7, 11) is 0. The quantitative estimate of drug-likeness (QED) is 0.694. The van der Waals surface area contributed by atoms with E-state index in [2.05, 4.69) is 12.1 Å². The summed E-state index contributed by atoms with van der Waals surface area (Å²) in [6.45, 7) is 0.498. The molecule has 0 aliphatic heterocycles. The first-order chi connectivity index (χ1) is 5.77. The average Bonchev–Trinajstić information content (AvgIpc) is 2.17. The van der Waals surface area contributed by atoms with Crippen LogP contribution in [0.5, 0.6) is 0 Å². The van der Waals surface area contributed by atoms with Crippen molar-refractivity contribution in [2.75, 3.05) is 12.8 Å². The van der Waals surface area contributed by atoms with Gasteiger partial charge in [-0.3, -0.25) is 0 Å². The molecule has 2 nitrogen and oxygen atoms in total. The molecule has 0 spiro atoms. The van der Waals surface area contributed by atoms with Crippen molar-refractivity contribution in [3.05, 3.63) is 29.8 Å². The minimum atomic E-state index is -0.0305. The molecule has 0 amide bonds. The van der Waals surface area contributed by atoms with Crippen LogP contribution in [-0.4, -0.2) is 12.8 Å². The molecular weight excluding hydrogens is 168 g/mol. The number of benzene rings is 1. The Bertz CT molecular complexity index is 250. The minimum absolute atomic E-state index is 0.0305. The fourth-order valence-electron chi connectivity index (χ4n) is 1.01. The van der Waals surface area contributed by atoms with Gasteiger partial charge < -0.3 is 11.5 Å². The van der Waals surface area contributed by atoms with Crippen molar-refractivity contribution in [3.63, 3.8) is 0 Å². The monoisotopic (exact) mass is 182 g/mol. The molecule has 0 saturated heterocycles. The van der Waals surface area contributed by atoms with Gasteiger partial charge in [0.05, 0.1) is 0 Å². The number of hydrogen-bond donors (Lipinski definition) is 2. The van der Waals surface area contributed by atoms with Gasteiger partial charge in [-0.05, 0) is 24.0 Å². The molecular formula is C9H14N2S. The lowest BCUT2D eigenvalue weighted by Crippen LogP contribution is -2.20. The zero-order valence-corrected chi connectivity index (χ0v) is 7.97. The summed E-state index contributed by atoms with van der Waals surface area (Å²) >= 11 is 1.71. The van der Waals surface area contributed by atoms with Crippen LogP contribution < -0.4 is 11.5 Å². The van der Waals surface area contributed by atoms with Crippen LogP contribution in [0.4, 0.5) is 0 Å². The van der Waals surface area contributed by atoms with Crippen molar-refractivity contribution in [1.29, 1.82) is 0 Å². The van der Waals surface area contributed by atoms with Gasteiger partial charge in [0.15, 0.2) is 0 Å². The summed E-state index contributed by atoms with van der Waals surface area (Å²) < 4.78 is 0. The van der Waals surface area contributed by atoms with E-state index in [1.165, 1.54) is 4.90 Å². The number of thioether (sulfide) groups is 1. The highest BCUT2D eigenvalue weighted by molar-refractivity contribution is 7.98. The van der Waals surface area contributed by atoms with Crippen molar-refractivity contribution in [2.24, 2.45) is 11.5 Å². The highest BCUT2D eigenvalue weighted by atomic mass is 32.2. The largest absolute Gasteiger partial charge is 0.329 e. The molecule has 0 fully saturated rings. The van der Waals surface area contributed by atoms with Crippen molar-refractivity contribution in [2.45, 2.75) is 10.9 Å². The Kier molecular flexibility index (Phi) is 3.59. The second-order valence-electron chi connectivity index (χ2n) is 2.62. The first kappa shape index (κ1) is 9.58. The zero-order valence-electron chi connectivity index (χ0n) is 7.16. The lowest BCUT2D eigenvalue weighted by Gasteiger charge is -2.09. The van der Waals surface area contributed by atoms with Gasteiger partial charge in [-0.15, -0.1) is 11.8 Å². The standard InChI is InChI=1S/C9H14N2S/c1-12-8-4-2-3-7(5-8)9(11)6-10/h2-5,9H,6,10-11H2,1H3/t9-/m1/s1. The molecule has 0 unspecified atom stereocenters. The topological polar surface area (TPSA) is 52.0 Å². The number of hydrogen-bond acceptors (Lipinski definition) is 3. The van der Waals surface area contributed by atoms with E-state index in [-0.39, 0.29) is 6.04 Å². The van der Waals surface area contributed by atoms with E-state index in [0.717, 1.165) is 5.56 Å². The molecule has 0 aromatic heterocycles. The third kappa shape index (κ3) is 2.24. The van der Waals surface area contributed by atoms with Crippen molar-refractivity contribution in [3.8, 4) is 0 Å². The first-order valence-electron chi connectivity index (χ1n) is 3.87. The molecule has 0 radical (unpaired) electrons. The van der Waals surface area contributed by atoms with Crippen molar-refractivity contribution < 1.29 is 0 Å². The fourth-order valence-corrected chi connectivity index (χ4v) is 1.48. The lowest BCUT2D eigenvalue weighted by atomic mass is 10.1. The van der Waals surface area contributed by atoms with Crippen LogP contribution in [0.15, 0.2) is 29.2 Å². The molecule has 0 bridgehead atoms. The van der Waals surface area contributed by atoms with Gasteiger partial charge in [0.1, 0.15) is 0 Å². The average molecular weight is 182 g/mol. The van der Waals surface area contributed by atoms with Crippen LogP contribution in [-0.2, 0) is 0 Å². The molecule has 12 heavy (non-hydrogen) atoms. The molecule has 1 rings (SSSR count). The summed E-state index contributed by atoms with van der Waals surface area (Å²) in [5, 5.41) is 0. The smallest absolute Gasteiger partial charge is 0.0419 e. The SMILES string of the molecule is CSc1cccc([C@H](N)CN)c1. The summed E-state index contributed by atoms with van der Waals surface area (Å²) in [4.78, 5) is 1.23. The van der Waals surface area contributed by atoms with E-state index >= 15 is 0 Å². The molecule has 1 aromatic rings. The van der Waals surface area contributed by atoms with E-state index in [9.17, 15) is 0 Å². The molecule has 1 atom stereocenters. The van der Waals surface area contributed by atoms with Crippen LogP contribution in [0.2, 0.25) is 0 Å². The number of nitrogens with two attached hydrogens (primary N) is 2. The van der Waals surface area contributed by atoms with Gasteiger partial charge in [0.2, 0.25) is 0 Å². The van der Waals surface area contributed by atoms with Gasteiger partial charge in [-0.2, -0.15) is 0 Å². The van der Waals surface area contributed by atoms with Gasteiger partial charge in [0.25, 0.3) is 0 Å².